The van der Waals surface area contributed by atoms with Gasteiger partial charge >= 0.3 is 5.97 Å². The molecule has 1 heterocycles. The highest BCUT2D eigenvalue weighted by Gasteiger charge is 2.27. The average molecular weight is 273 g/mol. The van der Waals surface area contributed by atoms with Crippen molar-refractivity contribution in [3.05, 3.63) is 60.1 Å². The van der Waals surface area contributed by atoms with Gasteiger partial charge in [0.25, 0.3) is 5.91 Å². The summed E-state index contributed by atoms with van der Waals surface area (Å²) in [6, 6.07) is 11.5. The zero-order valence-electron chi connectivity index (χ0n) is 10.9. The minimum atomic E-state index is -0.974. The summed E-state index contributed by atoms with van der Waals surface area (Å²) in [6.07, 6.45) is 1.40. The average Bonchev–Trinajstić information content (AvgIpc) is 2.99. The Morgan fingerprint density at radius 1 is 1.15 bits per heavy atom. The SMILES string of the molecule is C[C@H](C(=O)O)[C@H](NC(=O)c1ccco1)c1ccccc1. The van der Waals surface area contributed by atoms with E-state index in [4.69, 9.17) is 4.42 Å². The lowest BCUT2D eigenvalue weighted by molar-refractivity contribution is -0.142. The number of benzene rings is 1. The number of carboxylic acid groups (broad SMARTS) is 1. The zero-order chi connectivity index (χ0) is 14.5. The second kappa shape index (κ2) is 6.06. The van der Waals surface area contributed by atoms with Gasteiger partial charge in [0.1, 0.15) is 0 Å². The molecule has 0 spiro atoms. The van der Waals surface area contributed by atoms with E-state index in [0.717, 1.165) is 5.56 Å². The molecule has 1 aromatic carbocycles. The lowest BCUT2D eigenvalue weighted by Gasteiger charge is -2.22. The molecular weight excluding hydrogens is 258 g/mol. The van der Waals surface area contributed by atoms with E-state index in [9.17, 15) is 14.7 Å². The molecule has 2 atom stereocenters. The normalized spacial score (nSPS) is 13.4. The predicted octanol–water partition coefficient (Wildman–Crippen LogP) is 2.47. The van der Waals surface area contributed by atoms with E-state index in [1.54, 1.807) is 37.3 Å². The molecule has 0 aliphatic carbocycles. The van der Waals surface area contributed by atoms with Gasteiger partial charge in [-0.25, -0.2) is 0 Å². The number of nitrogens with one attached hydrogen (secondary N) is 1. The molecule has 20 heavy (non-hydrogen) atoms. The number of rotatable bonds is 5. The molecule has 0 radical (unpaired) electrons. The maximum Gasteiger partial charge on any atom is 0.308 e. The molecule has 5 heteroatoms. The van der Waals surface area contributed by atoms with E-state index in [-0.39, 0.29) is 5.76 Å². The van der Waals surface area contributed by atoms with Crippen LogP contribution >= 0.6 is 0 Å². The van der Waals surface area contributed by atoms with Gasteiger partial charge in [-0.05, 0) is 24.6 Å². The van der Waals surface area contributed by atoms with Crippen molar-refractivity contribution in [2.24, 2.45) is 5.92 Å². The third kappa shape index (κ3) is 3.06. The number of carbonyl (C=O) groups is 2. The predicted molar refractivity (Wildman–Crippen MR) is 72.2 cm³/mol. The molecule has 2 aromatic rings. The summed E-state index contributed by atoms with van der Waals surface area (Å²) in [7, 11) is 0. The second-order valence-corrected chi connectivity index (χ2v) is 4.47. The van der Waals surface area contributed by atoms with Gasteiger partial charge in [0.15, 0.2) is 5.76 Å². The van der Waals surface area contributed by atoms with Gasteiger partial charge < -0.3 is 14.8 Å². The van der Waals surface area contributed by atoms with Crippen LogP contribution in [0.1, 0.15) is 29.1 Å². The lowest BCUT2D eigenvalue weighted by atomic mass is 9.94. The first-order valence-corrected chi connectivity index (χ1v) is 6.21. The summed E-state index contributed by atoms with van der Waals surface area (Å²) >= 11 is 0. The number of carboxylic acids is 1. The van der Waals surface area contributed by atoms with E-state index < -0.39 is 23.8 Å². The molecule has 0 fully saturated rings. The molecule has 0 saturated heterocycles. The minimum absolute atomic E-state index is 0.156. The highest BCUT2D eigenvalue weighted by Crippen LogP contribution is 2.22. The van der Waals surface area contributed by atoms with Crippen LogP contribution in [0.4, 0.5) is 0 Å². The van der Waals surface area contributed by atoms with Crippen molar-refractivity contribution in [2.45, 2.75) is 13.0 Å². The summed E-state index contributed by atoms with van der Waals surface area (Å²) in [5.74, 6) is -2.00. The molecule has 0 aliphatic rings. The number of carbonyl (C=O) groups excluding carboxylic acids is 1. The molecular formula is C15H15NO4. The fourth-order valence-electron chi connectivity index (χ4n) is 1.92. The third-order valence-electron chi connectivity index (χ3n) is 3.08. The quantitative estimate of drug-likeness (QED) is 0.877. The van der Waals surface area contributed by atoms with Gasteiger partial charge in [-0.1, -0.05) is 30.3 Å². The third-order valence-corrected chi connectivity index (χ3v) is 3.08. The van der Waals surface area contributed by atoms with Crippen LogP contribution < -0.4 is 5.32 Å². The van der Waals surface area contributed by atoms with Crippen molar-refractivity contribution < 1.29 is 19.1 Å². The van der Waals surface area contributed by atoms with Crippen LogP contribution in [0.15, 0.2) is 53.1 Å². The summed E-state index contributed by atoms with van der Waals surface area (Å²) in [5, 5.41) is 11.9. The molecule has 1 aromatic heterocycles. The van der Waals surface area contributed by atoms with Gasteiger partial charge in [0.2, 0.25) is 0 Å². The Hall–Kier alpha value is -2.56. The van der Waals surface area contributed by atoms with Gasteiger partial charge in [-0.15, -0.1) is 0 Å². The maximum absolute atomic E-state index is 12.0. The number of hydrogen-bond donors (Lipinski definition) is 2. The first kappa shape index (κ1) is 13.9. The van der Waals surface area contributed by atoms with Crippen LogP contribution in [0.3, 0.4) is 0 Å². The van der Waals surface area contributed by atoms with Gasteiger partial charge in [0.05, 0.1) is 18.2 Å². The van der Waals surface area contributed by atoms with Crippen LogP contribution in [0.25, 0.3) is 0 Å². The molecule has 2 N–H and O–H groups in total. The van der Waals surface area contributed by atoms with Crippen molar-refractivity contribution in [1.82, 2.24) is 5.32 Å². The van der Waals surface area contributed by atoms with Crippen LogP contribution in [-0.2, 0) is 4.79 Å². The second-order valence-electron chi connectivity index (χ2n) is 4.47. The summed E-state index contributed by atoms with van der Waals surface area (Å²) in [6.45, 7) is 1.56. The Balaban J connectivity index is 2.24. The lowest BCUT2D eigenvalue weighted by Crippen LogP contribution is -2.35. The van der Waals surface area contributed by atoms with E-state index in [1.165, 1.54) is 12.3 Å². The molecule has 104 valence electrons. The molecule has 0 aliphatic heterocycles. The first-order valence-electron chi connectivity index (χ1n) is 6.21. The van der Waals surface area contributed by atoms with Crippen LogP contribution in [-0.4, -0.2) is 17.0 Å². The fourth-order valence-corrected chi connectivity index (χ4v) is 1.92. The van der Waals surface area contributed by atoms with Crippen molar-refractivity contribution in [3.8, 4) is 0 Å². The molecule has 0 unspecified atom stereocenters. The first-order chi connectivity index (χ1) is 9.59. The van der Waals surface area contributed by atoms with Crippen LogP contribution in [0, 0.1) is 5.92 Å². The van der Waals surface area contributed by atoms with Crippen LogP contribution in [0.5, 0.6) is 0 Å². The number of hydrogen-bond acceptors (Lipinski definition) is 3. The van der Waals surface area contributed by atoms with E-state index >= 15 is 0 Å². The van der Waals surface area contributed by atoms with Crippen molar-refractivity contribution >= 4 is 11.9 Å². The minimum Gasteiger partial charge on any atom is -0.481 e. The molecule has 5 nitrogen and oxygen atoms in total. The number of aliphatic carboxylic acids is 1. The highest BCUT2D eigenvalue weighted by molar-refractivity contribution is 5.92. The summed E-state index contributed by atoms with van der Waals surface area (Å²) < 4.78 is 5.01. The van der Waals surface area contributed by atoms with Gasteiger partial charge in [-0.3, -0.25) is 9.59 Å². The monoisotopic (exact) mass is 273 g/mol. The number of amides is 1. The van der Waals surface area contributed by atoms with Crippen molar-refractivity contribution in [1.29, 1.82) is 0 Å². The summed E-state index contributed by atoms with van der Waals surface area (Å²) in [4.78, 5) is 23.2. The molecule has 2 rings (SSSR count). The Bertz CT molecular complexity index is 577. The summed E-state index contributed by atoms with van der Waals surface area (Å²) in [5.41, 5.74) is 0.738. The Morgan fingerprint density at radius 3 is 2.40 bits per heavy atom. The zero-order valence-corrected chi connectivity index (χ0v) is 10.9. The Morgan fingerprint density at radius 2 is 1.85 bits per heavy atom. The van der Waals surface area contributed by atoms with E-state index in [1.807, 2.05) is 6.07 Å². The topological polar surface area (TPSA) is 79.5 Å². The fraction of sp³-hybridized carbons (Fsp3) is 0.200. The van der Waals surface area contributed by atoms with Crippen LogP contribution in [0.2, 0.25) is 0 Å². The standard InChI is InChI=1S/C15H15NO4/c1-10(15(18)19)13(11-6-3-2-4-7-11)16-14(17)12-8-5-9-20-12/h2-10,13H,1H3,(H,16,17)(H,18,19)/t10-,13-/m0/s1. The van der Waals surface area contributed by atoms with E-state index in [0.29, 0.717) is 0 Å². The van der Waals surface area contributed by atoms with Gasteiger partial charge in [0, 0.05) is 0 Å². The number of furan rings is 1. The van der Waals surface area contributed by atoms with Crippen molar-refractivity contribution in [3.63, 3.8) is 0 Å². The van der Waals surface area contributed by atoms with Gasteiger partial charge in [-0.2, -0.15) is 0 Å². The molecule has 1 amide bonds. The molecule has 0 bridgehead atoms. The smallest absolute Gasteiger partial charge is 0.308 e. The van der Waals surface area contributed by atoms with Crippen molar-refractivity contribution in [2.75, 3.05) is 0 Å². The largest absolute Gasteiger partial charge is 0.481 e. The maximum atomic E-state index is 12.0. The Labute approximate surface area is 116 Å². The van der Waals surface area contributed by atoms with E-state index in [2.05, 4.69) is 5.32 Å². The highest BCUT2D eigenvalue weighted by atomic mass is 16.4. The Kier molecular flexibility index (Phi) is 4.20. The molecule has 0 saturated carbocycles.